The number of nitrogens with one attached hydrogen (secondary N) is 2. The molecular weight excluding hydrogens is 400 g/mol. The van der Waals surface area contributed by atoms with E-state index in [0.717, 1.165) is 64.4 Å². The Morgan fingerprint density at radius 3 is 2.40 bits per heavy atom. The van der Waals surface area contributed by atoms with Gasteiger partial charge in [0.25, 0.3) is 0 Å². The fourth-order valence-corrected chi connectivity index (χ4v) is 4.76. The van der Waals surface area contributed by atoms with Crippen molar-refractivity contribution in [2.45, 2.75) is 83.3 Å². The van der Waals surface area contributed by atoms with Gasteiger partial charge < -0.3 is 20.3 Å². The number of ether oxygens (including phenoxy) is 1. The number of nitrogens with zero attached hydrogens (tertiary/aromatic N) is 2. The zero-order valence-electron chi connectivity index (χ0n) is 19.2. The van der Waals surface area contributed by atoms with Gasteiger partial charge in [-0.25, -0.2) is 8.42 Å². The van der Waals surface area contributed by atoms with E-state index < -0.39 is 9.84 Å². The molecule has 1 aliphatic carbocycles. The maximum Gasteiger partial charge on any atom is 0.191 e. The summed E-state index contributed by atoms with van der Waals surface area (Å²) < 4.78 is 28.8. The van der Waals surface area contributed by atoms with Gasteiger partial charge in [-0.05, 0) is 45.4 Å². The summed E-state index contributed by atoms with van der Waals surface area (Å²) in [6, 6.07) is 0.399. The summed E-state index contributed by atoms with van der Waals surface area (Å²) in [4.78, 5) is 6.99. The first-order valence-corrected chi connectivity index (χ1v) is 14.1. The molecule has 1 saturated heterocycles. The predicted octanol–water partition coefficient (Wildman–Crippen LogP) is 2.57. The molecular formula is C22H44N4O3S. The number of aliphatic imine (C=N–C) groups is 1. The summed E-state index contributed by atoms with van der Waals surface area (Å²) >= 11 is 0. The van der Waals surface area contributed by atoms with Crippen LogP contribution in [-0.4, -0.2) is 82.8 Å². The van der Waals surface area contributed by atoms with Crippen LogP contribution in [-0.2, 0) is 14.6 Å². The molecule has 0 spiro atoms. The van der Waals surface area contributed by atoms with Crippen molar-refractivity contribution in [2.24, 2.45) is 4.99 Å². The highest BCUT2D eigenvalue weighted by molar-refractivity contribution is 7.90. The van der Waals surface area contributed by atoms with Gasteiger partial charge in [0.15, 0.2) is 5.96 Å². The predicted molar refractivity (Wildman–Crippen MR) is 125 cm³/mol. The number of unbranched alkanes of at least 4 members (excludes halogenated alkanes) is 1. The molecule has 1 heterocycles. The SMILES string of the molecule is CCNC(=NCCCCOC1CCCCCC1)NC1CCN(CCS(C)(=O)=O)CC1. The molecule has 176 valence electrons. The van der Waals surface area contributed by atoms with Crippen LogP contribution in [0.1, 0.15) is 71.1 Å². The third-order valence-electron chi connectivity index (χ3n) is 6.03. The van der Waals surface area contributed by atoms with E-state index in [1.807, 2.05) is 0 Å². The minimum Gasteiger partial charge on any atom is -0.378 e. The van der Waals surface area contributed by atoms with Crippen LogP contribution < -0.4 is 10.6 Å². The highest BCUT2D eigenvalue weighted by Crippen LogP contribution is 2.20. The van der Waals surface area contributed by atoms with E-state index in [4.69, 9.17) is 9.73 Å². The Morgan fingerprint density at radius 2 is 1.77 bits per heavy atom. The standard InChI is InChI=1S/C22H44N4O3S/c1-3-23-22(24-14-8-9-18-29-21-10-6-4-5-7-11-21)25-20-12-15-26(16-13-20)17-19-30(2,27)28/h20-21H,3-19H2,1-2H3,(H2,23,24,25). The summed E-state index contributed by atoms with van der Waals surface area (Å²) in [5, 5.41) is 6.91. The lowest BCUT2D eigenvalue weighted by Gasteiger charge is -2.32. The number of guanidine groups is 1. The van der Waals surface area contributed by atoms with E-state index in [-0.39, 0.29) is 5.75 Å². The molecule has 2 fully saturated rings. The van der Waals surface area contributed by atoms with E-state index in [1.165, 1.54) is 44.8 Å². The molecule has 0 radical (unpaired) electrons. The largest absolute Gasteiger partial charge is 0.378 e. The summed E-state index contributed by atoms with van der Waals surface area (Å²) in [5.74, 6) is 1.15. The average molecular weight is 445 g/mol. The number of hydrogen-bond donors (Lipinski definition) is 2. The molecule has 8 heteroatoms. The molecule has 0 amide bonds. The minimum absolute atomic E-state index is 0.250. The van der Waals surface area contributed by atoms with Crippen LogP contribution in [0, 0.1) is 0 Å². The molecule has 2 N–H and O–H groups in total. The van der Waals surface area contributed by atoms with Crippen molar-refractivity contribution in [1.82, 2.24) is 15.5 Å². The monoisotopic (exact) mass is 444 g/mol. The fourth-order valence-electron chi connectivity index (χ4n) is 4.17. The molecule has 1 aliphatic heterocycles. The Balaban J connectivity index is 1.60. The van der Waals surface area contributed by atoms with Crippen LogP contribution in [0.2, 0.25) is 0 Å². The van der Waals surface area contributed by atoms with E-state index in [9.17, 15) is 8.42 Å². The van der Waals surface area contributed by atoms with Crippen molar-refractivity contribution < 1.29 is 13.2 Å². The van der Waals surface area contributed by atoms with Gasteiger partial charge in [0, 0.05) is 51.6 Å². The topological polar surface area (TPSA) is 83.0 Å². The van der Waals surface area contributed by atoms with Crippen LogP contribution >= 0.6 is 0 Å². The van der Waals surface area contributed by atoms with Crippen molar-refractivity contribution >= 4 is 15.8 Å². The molecule has 2 rings (SSSR count). The van der Waals surface area contributed by atoms with Gasteiger partial charge in [-0.1, -0.05) is 25.7 Å². The van der Waals surface area contributed by atoms with Crippen LogP contribution in [0.15, 0.2) is 4.99 Å². The summed E-state index contributed by atoms with van der Waals surface area (Å²) in [6.45, 7) is 7.13. The smallest absolute Gasteiger partial charge is 0.191 e. The van der Waals surface area contributed by atoms with E-state index in [0.29, 0.717) is 18.7 Å². The molecule has 0 unspecified atom stereocenters. The van der Waals surface area contributed by atoms with Gasteiger partial charge in [-0.3, -0.25) is 4.99 Å². The number of likely N-dealkylation sites (tertiary alicyclic amines) is 1. The van der Waals surface area contributed by atoms with Crippen molar-refractivity contribution in [3.63, 3.8) is 0 Å². The van der Waals surface area contributed by atoms with Crippen molar-refractivity contribution in [2.75, 3.05) is 51.3 Å². The lowest BCUT2D eigenvalue weighted by atomic mass is 10.1. The second kappa shape index (κ2) is 14.2. The van der Waals surface area contributed by atoms with Crippen LogP contribution in [0.4, 0.5) is 0 Å². The maximum absolute atomic E-state index is 11.3. The maximum atomic E-state index is 11.3. The molecule has 0 aromatic carbocycles. The number of hydrogen-bond acceptors (Lipinski definition) is 5. The summed E-state index contributed by atoms with van der Waals surface area (Å²) in [5.41, 5.74) is 0. The second-order valence-corrected chi connectivity index (χ2v) is 11.1. The lowest BCUT2D eigenvalue weighted by Crippen LogP contribution is -2.49. The van der Waals surface area contributed by atoms with Crippen LogP contribution in [0.5, 0.6) is 0 Å². The van der Waals surface area contributed by atoms with Gasteiger partial charge in [0.05, 0.1) is 11.9 Å². The van der Waals surface area contributed by atoms with Crippen LogP contribution in [0.25, 0.3) is 0 Å². The van der Waals surface area contributed by atoms with Crippen molar-refractivity contribution in [1.29, 1.82) is 0 Å². The molecule has 1 saturated carbocycles. The van der Waals surface area contributed by atoms with Gasteiger partial charge >= 0.3 is 0 Å². The molecule has 0 aromatic rings. The zero-order valence-corrected chi connectivity index (χ0v) is 20.0. The first-order valence-electron chi connectivity index (χ1n) is 12.0. The fraction of sp³-hybridized carbons (Fsp3) is 0.955. The minimum atomic E-state index is -2.88. The molecule has 0 bridgehead atoms. The van der Waals surface area contributed by atoms with E-state index >= 15 is 0 Å². The normalized spacial score (nSPS) is 20.8. The van der Waals surface area contributed by atoms with Crippen molar-refractivity contribution in [3.05, 3.63) is 0 Å². The summed E-state index contributed by atoms with van der Waals surface area (Å²) in [7, 11) is -2.88. The Kier molecular flexibility index (Phi) is 12.1. The number of piperidine rings is 1. The molecule has 0 atom stereocenters. The van der Waals surface area contributed by atoms with Gasteiger partial charge in [0.2, 0.25) is 0 Å². The van der Waals surface area contributed by atoms with Gasteiger partial charge in [0.1, 0.15) is 9.84 Å². The molecule has 0 aromatic heterocycles. The zero-order chi connectivity index (χ0) is 21.7. The first-order chi connectivity index (χ1) is 14.5. The van der Waals surface area contributed by atoms with E-state index in [1.54, 1.807) is 0 Å². The Morgan fingerprint density at radius 1 is 1.07 bits per heavy atom. The van der Waals surface area contributed by atoms with Gasteiger partial charge in [-0.15, -0.1) is 0 Å². The first kappa shape index (κ1) is 25.4. The quantitative estimate of drug-likeness (QED) is 0.221. The Bertz CT molecular complexity index is 581. The number of sulfone groups is 1. The summed E-state index contributed by atoms with van der Waals surface area (Å²) in [6.07, 6.45) is 13.8. The Labute approximate surface area is 184 Å². The van der Waals surface area contributed by atoms with Crippen LogP contribution in [0.3, 0.4) is 0 Å². The van der Waals surface area contributed by atoms with E-state index in [2.05, 4.69) is 22.5 Å². The number of rotatable bonds is 11. The van der Waals surface area contributed by atoms with Gasteiger partial charge in [-0.2, -0.15) is 0 Å². The third kappa shape index (κ3) is 11.5. The lowest BCUT2D eigenvalue weighted by molar-refractivity contribution is 0.0413. The second-order valence-electron chi connectivity index (χ2n) is 8.84. The molecule has 2 aliphatic rings. The van der Waals surface area contributed by atoms with Crippen molar-refractivity contribution in [3.8, 4) is 0 Å². The Hall–Kier alpha value is -0.860. The third-order valence-corrected chi connectivity index (χ3v) is 6.95. The molecule has 30 heavy (non-hydrogen) atoms. The highest BCUT2D eigenvalue weighted by atomic mass is 32.2. The molecule has 7 nitrogen and oxygen atoms in total. The highest BCUT2D eigenvalue weighted by Gasteiger charge is 2.20. The average Bonchev–Trinajstić information content (AvgIpc) is 2.98.